The SMILES string of the molecule is COCc1c(F)cc(-c2cc(F)c(-n3cc(C)nc3C)c(-n3nncc3-c3ccc(OC(F)(F)F)cc3)c2)cc1S(C)(=O)=O. The Kier molecular flexibility index (Phi) is 8.03. The van der Waals surface area contributed by atoms with Gasteiger partial charge >= 0.3 is 6.36 Å². The van der Waals surface area contributed by atoms with Crippen LogP contribution < -0.4 is 4.74 Å². The summed E-state index contributed by atoms with van der Waals surface area (Å²) in [6.07, 6.45) is -1.02. The quantitative estimate of drug-likeness (QED) is 0.190. The predicted molar refractivity (Wildman–Crippen MR) is 149 cm³/mol. The topological polar surface area (TPSA) is 101 Å². The molecule has 3 aromatic carbocycles. The van der Waals surface area contributed by atoms with Gasteiger partial charge in [0.1, 0.15) is 28.9 Å². The van der Waals surface area contributed by atoms with Crippen molar-refractivity contribution in [2.75, 3.05) is 13.4 Å². The van der Waals surface area contributed by atoms with Crippen LogP contribution in [0, 0.1) is 25.5 Å². The molecule has 230 valence electrons. The van der Waals surface area contributed by atoms with Crippen molar-refractivity contribution in [3.05, 3.63) is 89.6 Å². The molecular weight excluding hydrogens is 609 g/mol. The van der Waals surface area contributed by atoms with E-state index in [1.165, 1.54) is 46.8 Å². The van der Waals surface area contributed by atoms with Crippen LogP contribution in [0.15, 0.2) is 65.8 Å². The molecule has 0 fully saturated rings. The highest BCUT2D eigenvalue weighted by atomic mass is 32.2. The van der Waals surface area contributed by atoms with Gasteiger partial charge in [0, 0.05) is 30.7 Å². The molecule has 0 radical (unpaired) electrons. The molecule has 0 saturated carbocycles. The summed E-state index contributed by atoms with van der Waals surface area (Å²) in [6.45, 7) is 3.08. The van der Waals surface area contributed by atoms with E-state index >= 15 is 8.78 Å². The number of hydrogen-bond donors (Lipinski definition) is 0. The molecule has 44 heavy (non-hydrogen) atoms. The maximum Gasteiger partial charge on any atom is 0.573 e. The second-order valence-corrected chi connectivity index (χ2v) is 11.9. The molecule has 0 atom stereocenters. The Morgan fingerprint density at radius 2 is 1.59 bits per heavy atom. The maximum absolute atomic E-state index is 16.2. The third-order valence-electron chi connectivity index (χ3n) is 6.62. The van der Waals surface area contributed by atoms with Gasteiger partial charge in [-0.25, -0.2) is 26.9 Å². The molecule has 0 N–H and O–H groups in total. The van der Waals surface area contributed by atoms with Gasteiger partial charge in [0.15, 0.2) is 9.84 Å². The Morgan fingerprint density at radius 1 is 0.932 bits per heavy atom. The summed E-state index contributed by atoms with van der Waals surface area (Å²) in [5, 5.41) is 8.07. The van der Waals surface area contributed by atoms with Gasteiger partial charge in [-0.15, -0.1) is 18.3 Å². The fourth-order valence-corrected chi connectivity index (χ4v) is 5.77. The number of benzene rings is 3. The molecule has 0 unspecified atom stereocenters. The van der Waals surface area contributed by atoms with Crippen molar-refractivity contribution in [3.63, 3.8) is 0 Å². The number of rotatable bonds is 8. The largest absolute Gasteiger partial charge is 0.573 e. The Bertz CT molecular complexity index is 1970. The molecule has 0 amide bonds. The van der Waals surface area contributed by atoms with E-state index in [4.69, 9.17) is 4.74 Å². The van der Waals surface area contributed by atoms with E-state index in [2.05, 4.69) is 20.0 Å². The van der Waals surface area contributed by atoms with Gasteiger partial charge in [0.2, 0.25) is 0 Å². The summed E-state index contributed by atoms with van der Waals surface area (Å²) in [5.41, 5.74) is 1.33. The van der Waals surface area contributed by atoms with Crippen LogP contribution in [0.4, 0.5) is 22.0 Å². The van der Waals surface area contributed by atoms with E-state index in [9.17, 15) is 21.6 Å². The summed E-state index contributed by atoms with van der Waals surface area (Å²) in [6, 6.07) is 9.84. The minimum atomic E-state index is -4.88. The lowest BCUT2D eigenvalue weighted by Crippen LogP contribution is -2.17. The van der Waals surface area contributed by atoms with Crippen molar-refractivity contribution in [1.82, 2.24) is 24.5 Å². The van der Waals surface area contributed by atoms with Crippen LogP contribution in [0.1, 0.15) is 17.1 Å². The normalized spacial score (nSPS) is 12.1. The maximum atomic E-state index is 16.2. The predicted octanol–water partition coefficient (Wildman–Crippen LogP) is 6.13. The summed E-state index contributed by atoms with van der Waals surface area (Å²) in [4.78, 5) is 4.03. The lowest BCUT2D eigenvalue weighted by molar-refractivity contribution is -0.274. The number of alkyl halides is 3. The van der Waals surface area contributed by atoms with Crippen LogP contribution in [0.2, 0.25) is 0 Å². The summed E-state index contributed by atoms with van der Waals surface area (Å²) >= 11 is 0. The van der Waals surface area contributed by atoms with E-state index in [1.54, 1.807) is 20.0 Å². The number of aryl methyl sites for hydroxylation is 2. The molecule has 0 spiro atoms. The smallest absolute Gasteiger partial charge is 0.406 e. The minimum Gasteiger partial charge on any atom is -0.406 e. The molecule has 15 heteroatoms. The fourth-order valence-electron chi connectivity index (χ4n) is 4.83. The van der Waals surface area contributed by atoms with E-state index in [0.717, 1.165) is 30.5 Å². The molecular formula is C29H24F5N5O4S. The highest BCUT2D eigenvalue weighted by Gasteiger charge is 2.31. The van der Waals surface area contributed by atoms with Crippen LogP contribution in [-0.2, 0) is 21.2 Å². The Labute approximate surface area is 248 Å². The zero-order chi connectivity index (χ0) is 32.0. The number of hydrogen-bond acceptors (Lipinski definition) is 7. The van der Waals surface area contributed by atoms with Crippen molar-refractivity contribution in [2.45, 2.75) is 31.7 Å². The first-order chi connectivity index (χ1) is 20.7. The second kappa shape index (κ2) is 11.5. The number of nitrogens with zero attached hydrogens (tertiary/aromatic N) is 5. The first kappa shape index (κ1) is 30.8. The Morgan fingerprint density at radius 3 is 2.18 bits per heavy atom. The number of sulfone groups is 1. The molecule has 5 rings (SSSR count). The number of halogens is 5. The molecule has 2 aromatic heterocycles. The van der Waals surface area contributed by atoms with E-state index in [-0.39, 0.29) is 45.3 Å². The first-order valence-corrected chi connectivity index (χ1v) is 14.7. The highest BCUT2D eigenvalue weighted by molar-refractivity contribution is 7.90. The van der Waals surface area contributed by atoms with Gasteiger partial charge in [-0.3, -0.25) is 4.57 Å². The standard InChI is InChI=1S/C29H24F5N5O4S/c1-16-14-38(17(2)36-16)28-24(31)10-19(20-9-23(30)22(15-42-3)27(12-20)44(4,40)41)11-25(28)39-26(13-35-37-39)18-5-7-21(8-6-18)43-29(32,33)34/h5-14H,15H2,1-4H3. The molecule has 0 saturated heterocycles. The minimum absolute atomic E-state index is 0.00423. The zero-order valence-corrected chi connectivity index (χ0v) is 24.5. The molecule has 5 aromatic rings. The summed E-state index contributed by atoms with van der Waals surface area (Å²) in [5.74, 6) is -1.66. The van der Waals surface area contributed by atoms with Crippen molar-refractivity contribution < 1.29 is 39.8 Å². The van der Waals surface area contributed by atoms with Crippen LogP contribution in [0.25, 0.3) is 33.8 Å². The van der Waals surface area contributed by atoms with Crippen molar-refractivity contribution >= 4 is 9.84 Å². The van der Waals surface area contributed by atoms with Crippen molar-refractivity contribution in [1.29, 1.82) is 0 Å². The number of aromatic nitrogens is 5. The monoisotopic (exact) mass is 633 g/mol. The number of imidazole rings is 1. The van der Waals surface area contributed by atoms with Gasteiger partial charge in [-0.05, 0) is 73.5 Å². The van der Waals surface area contributed by atoms with Crippen LogP contribution in [-0.4, -0.2) is 52.7 Å². The molecule has 9 nitrogen and oxygen atoms in total. The molecule has 0 aliphatic carbocycles. The van der Waals surface area contributed by atoms with Crippen molar-refractivity contribution in [3.8, 4) is 39.5 Å². The van der Waals surface area contributed by atoms with Crippen LogP contribution >= 0.6 is 0 Å². The fraction of sp³-hybridized carbons (Fsp3) is 0.207. The average Bonchev–Trinajstić information content (AvgIpc) is 3.54. The van der Waals surface area contributed by atoms with E-state index < -0.39 is 33.6 Å². The van der Waals surface area contributed by atoms with Crippen LogP contribution in [0.3, 0.4) is 0 Å². The lowest BCUT2D eigenvalue weighted by atomic mass is 10.0. The molecule has 0 bridgehead atoms. The lowest BCUT2D eigenvalue weighted by Gasteiger charge is -2.18. The van der Waals surface area contributed by atoms with Gasteiger partial charge < -0.3 is 9.47 Å². The van der Waals surface area contributed by atoms with Gasteiger partial charge in [-0.1, -0.05) is 5.21 Å². The number of ether oxygens (including phenoxy) is 2. The average molecular weight is 634 g/mol. The van der Waals surface area contributed by atoms with Crippen LogP contribution in [0.5, 0.6) is 5.75 Å². The first-order valence-electron chi connectivity index (χ1n) is 12.8. The highest BCUT2D eigenvalue weighted by Crippen LogP contribution is 2.36. The van der Waals surface area contributed by atoms with Gasteiger partial charge in [0.25, 0.3) is 0 Å². The second-order valence-electron chi connectivity index (χ2n) is 9.87. The Hall–Kier alpha value is -4.63. The van der Waals surface area contributed by atoms with Gasteiger partial charge in [0.05, 0.1) is 34.8 Å². The van der Waals surface area contributed by atoms with E-state index in [0.29, 0.717) is 17.1 Å². The summed E-state index contributed by atoms with van der Waals surface area (Å²) < 4.78 is 106. The number of methoxy groups -OCH3 is 1. The zero-order valence-electron chi connectivity index (χ0n) is 23.6. The van der Waals surface area contributed by atoms with Crippen molar-refractivity contribution in [2.24, 2.45) is 0 Å². The third kappa shape index (κ3) is 6.19. The summed E-state index contributed by atoms with van der Waals surface area (Å²) in [7, 11) is -2.62. The van der Waals surface area contributed by atoms with E-state index in [1.807, 2.05) is 0 Å². The third-order valence-corrected chi connectivity index (χ3v) is 7.79. The molecule has 0 aliphatic rings. The van der Waals surface area contributed by atoms with Gasteiger partial charge in [-0.2, -0.15) is 0 Å². The molecule has 2 heterocycles. The Balaban J connectivity index is 1.74. The molecule has 0 aliphatic heterocycles.